The van der Waals surface area contributed by atoms with Gasteiger partial charge < -0.3 is 30.9 Å². The Hall–Kier alpha value is -2.91. The van der Waals surface area contributed by atoms with Gasteiger partial charge in [0.05, 0.1) is 18.9 Å². The summed E-state index contributed by atoms with van der Waals surface area (Å²) in [6, 6.07) is 8.08. The molecule has 2 aromatic rings. The first-order valence-electron chi connectivity index (χ1n) is 10.5. The van der Waals surface area contributed by atoms with E-state index in [9.17, 15) is 4.79 Å². The molecule has 2 fully saturated rings. The molecule has 9 heteroatoms. The van der Waals surface area contributed by atoms with Gasteiger partial charge in [-0.05, 0) is 30.7 Å². The van der Waals surface area contributed by atoms with Gasteiger partial charge in [0.2, 0.25) is 0 Å². The Kier molecular flexibility index (Phi) is 6.29. The van der Waals surface area contributed by atoms with Crippen molar-refractivity contribution in [3.63, 3.8) is 0 Å². The number of nitrogens with zero attached hydrogens (tertiary/aromatic N) is 4. The fraction of sp³-hybridized carbons (Fsp3) is 0.476. The summed E-state index contributed by atoms with van der Waals surface area (Å²) in [5, 5.41) is 6.60. The molecule has 0 atom stereocenters. The lowest BCUT2D eigenvalue weighted by atomic mass is 10.2. The summed E-state index contributed by atoms with van der Waals surface area (Å²) in [4.78, 5) is 25.9. The van der Waals surface area contributed by atoms with Crippen molar-refractivity contribution < 1.29 is 9.53 Å². The molecule has 2 saturated heterocycles. The van der Waals surface area contributed by atoms with Crippen LogP contribution in [0.5, 0.6) is 0 Å². The van der Waals surface area contributed by atoms with E-state index < -0.39 is 5.91 Å². The van der Waals surface area contributed by atoms with Gasteiger partial charge in [0.15, 0.2) is 17.3 Å². The zero-order chi connectivity index (χ0) is 20.9. The molecule has 3 heterocycles. The third-order valence-corrected chi connectivity index (χ3v) is 5.44. The van der Waals surface area contributed by atoms with Crippen molar-refractivity contribution in [1.29, 1.82) is 0 Å². The van der Waals surface area contributed by atoms with Crippen LogP contribution in [0.3, 0.4) is 0 Å². The standard InChI is InChI=1S/C21H29N7O2/c1-2-17-21(28-9-7-23-8-10-28)26-20(18(25-17)19(22)29)24-15-3-5-16(6-4-15)27-11-13-30-14-12-27/h3-6,23H,2,7-14H2,1H3,(H2,22,29)(H,24,26). The van der Waals surface area contributed by atoms with Crippen LogP contribution in [0, 0.1) is 0 Å². The lowest BCUT2D eigenvalue weighted by Crippen LogP contribution is -2.44. The molecule has 0 spiro atoms. The van der Waals surface area contributed by atoms with Crippen LogP contribution in [-0.4, -0.2) is 68.4 Å². The van der Waals surface area contributed by atoms with Crippen molar-refractivity contribution >= 4 is 28.9 Å². The molecule has 0 saturated carbocycles. The fourth-order valence-electron chi connectivity index (χ4n) is 3.80. The van der Waals surface area contributed by atoms with Crippen LogP contribution >= 0.6 is 0 Å². The van der Waals surface area contributed by atoms with Gasteiger partial charge in [-0.3, -0.25) is 4.79 Å². The molecular formula is C21H29N7O2. The van der Waals surface area contributed by atoms with Crippen molar-refractivity contribution in [2.24, 2.45) is 5.73 Å². The van der Waals surface area contributed by atoms with Crippen LogP contribution in [0.2, 0.25) is 0 Å². The largest absolute Gasteiger partial charge is 0.378 e. The Morgan fingerprint density at radius 2 is 1.80 bits per heavy atom. The maximum Gasteiger partial charge on any atom is 0.271 e. The summed E-state index contributed by atoms with van der Waals surface area (Å²) in [6.07, 6.45) is 0.682. The van der Waals surface area contributed by atoms with Gasteiger partial charge in [-0.2, -0.15) is 0 Å². The SMILES string of the molecule is CCc1nc(C(N)=O)c(Nc2ccc(N3CCOCC3)cc2)nc1N1CCNCC1. The first-order chi connectivity index (χ1) is 14.7. The first kappa shape index (κ1) is 20.4. The number of amides is 1. The molecule has 4 N–H and O–H groups in total. The lowest BCUT2D eigenvalue weighted by molar-refractivity contribution is 0.0996. The van der Waals surface area contributed by atoms with E-state index in [-0.39, 0.29) is 5.69 Å². The summed E-state index contributed by atoms with van der Waals surface area (Å²) in [7, 11) is 0. The van der Waals surface area contributed by atoms with Gasteiger partial charge in [0.25, 0.3) is 5.91 Å². The van der Waals surface area contributed by atoms with Crippen molar-refractivity contribution in [3.05, 3.63) is 35.7 Å². The van der Waals surface area contributed by atoms with Gasteiger partial charge in [-0.15, -0.1) is 0 Å². The summed E-state index contributed by atoms with van der Waals surface area (Å²) in [5.41, 5.74) is 8.56. The Morgan fingerprint density at radius 1 is 1.10 bits per heavy atom. The smallest absolute Gasteiger partial charge is 0.271 e. The number of hydrogen-bond donors (Lipinski definition) is 3. The number of rotatable bonds is 6. The van der Waals surface area contributed by atoms with E-state index in [0.717, 1.165) is 75.4 Å². The average Bonchev–Trinajstić information content (AvgIpc) is 2.80. The summed E-state index contributed by atoms with van der Waals surface area (Å²) < 4.78 is 5.42. The quantitative estimate of drug-likeness (QED) is 0.649. The number of benzene rings is 1. The van der Waals surface area contributed by atoms with Crippen LogP contribution in [0.1, 0.15) is 23.1 Å². The molecule has 4 rings (SSSR count). The number of primary amides is 1. The van der Waals surface area contributed by atoms with Crippen LogP contribution in [-0.2, 0) is 11.2 Å². The van der Waals surface area contributed by atoms with E-state index in [2.05, 4.69) is 37.6 Å². The number of nitrogens with one attached hydrogen (secondary N) is 2. The molecule has 30 heavy (non-hydrogen) atoms. The molecule has 1 aromatic carbocycles. The maximum absolute atomic E-state index is 12.1. The highest BCUT2D eigenvalue weighted by Crippen LogP contribution is 2.26. The normalized spacial score (nSPS) is 17.1. The number of carbonyl (C=O) groups excluding carboxylic acids is 1. The number of aromatic nitrogens is 2. The number of morpholine rings is 1. The van der Waals surface area contributed by atoms with Gasteiger partial charge in [0.1, 0.15) is 0 Å². The van der Waals surface area contributed by atoms with Crippen LogP contribution in [0.4, 0.5) is 23.0 Å². The second kappa shape index (κ2) is 9.27. The predicted octanol–water partition coefficient (Wildman–Crippen LogP) is 1.13. The Bertz CT molecular complexity index is 876. The fourth-order valence-corrected chi connectivity index (χ4v) is 3.80. The molecule has 0 radical (unpaired) electrons. The number of aryl methyl sites for hydroxylation is 1. The van der Waals surface area contributed by atoms with Crippen molar-refractivity contribution in [2.75, 3.05) is 67.6 Å². The molecule has 160 valence electrons. The molecule has 0 bridgehead atoms. The van der Waals surface area contributed by atoms with Crippen LogP contribution in [0.15, 0.2) is 24.3 Å². The van der Waals surface area contributed by atoms with E-state index in [1.165, 1.54) is 0 Å². The van der Waals surface area contributed by atoms with Gasteiger partial charge >= 0.3 is 0 Å². The van der Waals surface area contributed by atoms with E-state index in [0.29, 0.717) is 12.2 Å². The average molecular weight is 412 g/mol. The Morgan fingerprint density at radius 3 is 2.43 bits per heavy atom. The zero-order valence-electron chi connectivity index (χ0n) is 17.4. The second-order valence-electron chi connectivity index (χ2n) is 7.42. The number of piperazine rings is 1. The number of hydrogen-bond acceptors (Lipinski definition) is 8. The molecule has 1 aromatic heterocycles. The van der Waals surface area contributed by atoms with E-state index in [1.807, 2.05) is 19.1 Å². The molecule has 0 unspecified atom stereocenters. The number of carbonyl (C=O) groups is 1. The zero-order valence-corrected chi connectivity index (χ0v) is 17.4. The van der Waals surface area contributed by atoms with E-state index in [1.54, 1.807) is 0 Å². The molecule has 0 aliphatic carbocycles. The Labute approximate surface area is 176 Å². The van der Waals surface area contributed by atoms with E-state index in [4.69, 9.17) is 15.5 Å². The monoisotopic (exact) mass is 411 g/mol. The molecule has 2 aliphatic rings. The Balaban J connectivity index is 1.60. The second-order valence-corrected chi connectivity index (χ2v) is 7.42. The molecule has 9 nitrogen and oxygen atoms in total. The highest BCUT2D eigenvalue weighted by Gasteiger charge is 2.22. The van der Waals surface area contributed by atoms with Gasteiger partial charge in [0, 0.05) is 50.6 Å². The predicted molar refractivity (Wildman–Crippen MR) is 118 cm³/mol. The first-order valence-corrected chi connectivity index (χ1v) is 10.5. The molecule has 2 aliphatic heterocycles. The van der Waals surface area contributed by atoms with Crippen molar-refractivity contribution in [2.45, 2.75) is 13.3 Å². The lowest BCUT2D eigenvalue weighted by Gasteiger charge is -2.30. The van der Waals surface area contributed by atoms with Gasteiger partial charge in [-0.1, -0.05) is 6.92 Å². The number of anilines is 4. The van der Waals surface area contributed by atoms with Crippen LogP contribution in [0.25, 0.3) is 0 Å². The minimum absolute atomic E-state index is 0.169. The summed E-state index contributed by atoms with van der Waals surface area (Å²) >= 11 is 0. The highest BCUT2D eigenvalue weighted by atomic mass is 16.5. The molecule has 1 amide bonds. The van der Waals surface area contributed by atoms with Gasteiger partial charge in [-0.25, -0.2) is 9.97 Å². The van der Waals surface area contributed by atoms with Crippen molar-refractivity contribution in [1.82, 2.24) is 15.3 Å². The number of ether oxygens (including phenoxy) is 1. The van der Waals surface area contributed by atoms with Crippen LogP contribution < -0.4 is 26.2 Å². The highest BCUT2D eigenvalue weighted by molar-refractivity contribution is 5.96. The summed E-state index contributed by atoms with van der Waals surface area (Å²) in [5.74, 6) is 0.625. The third kappa shape index (κ3) is 4.47. The van der Waals surface area contributed by atoms with Crippen molar-refractivity contribution in [3.8, 4) is 0 Å². The maximum atomic E-state index is 12.1. The number of nitrogens with two attached hydrogens (primary N) is 1. The summed E-state index contributed by atoms with van der Waals surface area (Å²) in [6.45, 7) is 8.77. The minimum atomic E-state index is -0.587. The third-order valence-electron chi connectivity index (χ3n) is 5.44. The topological polar surface area (TPSA) is 109 Å². The molecular weight excluding hydrogens is 382 g/mol. The van der Waals surface area contributed by atoms with E-state index >= 15 is 0 Å². The minimum Gasteiger partial charge on any atom is -0.378 e.